The third kappa shape index (κ3) is 7.24. The smallest absolute Gasteiger partial charge is 0.191 e. The predicted octanol–water partition coefficient (Wildman–Crippen LogP) is 2.38. The molecule has 2 atom stereocenters. The molecule has 0 amide bonds. The van der Waals surface area contributed by atoms with Crippen LogP contribution in [0, 0.1) is 0 Å². The van der Waals surface area contributed by atoms with Gasteiger partial charge in [-0.1, -0.05) is 19.1 Å². The lowest BCUT2D eigenvalue weighted by atomic mass is 10.0. The van der Waals surface area contributed by atoms with E-state index in [1.54, 1.807) is 7.11 Å². The van der Waals surface area contributed by atoms with Crippen LogP contribution in [0.1, 0.15) is 25.5 Å². The van der Waals surface area contributed by atoms with Crippen molar-refractivity contribution in [1.29, 1.82) is 0 Å². The topological polar surface area (TPSA) is 58.1 Å². The number of hydrogen-bond donors (Lipinski definition) is 2. The van der Waals surface area contributed by atoms with Crippen molar-refractivity contribution in [2.75, 3.05) is 59.3 Å². The Balaban J connectivity index is 2.09. The molecule has 0 aromatic heterocycles. The second-order valence-corrected chi connectivity index (χ2v) is 7.86. The zero-order chi connectivity index (χ0) is 19.5. The van der Waals surface area contributed by atoms with E-state index in [-0.39, 0.29) is 6.04 Å². The van der Waals surface area contributed by atoms with Gasteiger partial charge in [0.2, 0.25) is 0 Å². The molecule has 6 nitrogen and oxygen atoms in total. The lowest BCUT2D eigenvalue weighted by Gasteiger charge is -2.35. The summed E-state index contributed by atoms with van der Waals surface area (Å²) >= 11 is 1.84. The number of morpholine rings is 1. The Morgan fingerprint density at radius 1 is 1.26 bits per heavy atom. The second kappa shape index (κ2) is 12.1. The van der Waals surface area contributed by atoms with Crippen molar-refractivity contribution in [3.05, 3.63) is 29.8 Å². The minimum Gasteiger partial charge on any atom is -0.497 e. The van der Waals surface area contributed by atoms with Crippen LogP contribution in [0.2, 0.25) is 0 Å². The van der Waals surface area contributed by atoms with Gasteiger partial charge in [0, 0.05) is 31.4 Å². The maximum atomic E-state index is 5.54. The molecule has 0 radical (unpaired) electrons. The summed E-state index contributed by atoms with van der Waals surface area (Å²) < 4.78 is 10.9. The van der Waals surface area contributed by atoms with Crippen LogP contribution < -0.4 is 15.4 Å². The molecule has 1 aliphatic rings. The van der Waals surface area contributed by atoms with Crippen LogP contribution in [0.25, 0.3) is 0 Å². The van der Waals surface area contributed by atoms with E-state index in [2.05, 4.69) is 47.8 Å². The third-order valence-corrected chi connectivity index (χ3v) is 5.66. The lowest BCUT2D eigenvalue weighted by Crippen LogP contribution is -2.46. The van der Waals surface area contributed by atoms with Gasteiger partial charge in [0.05, 0.1) is 32.9 Å². The van der Waals surface area contributed by atoms with Crippen molar-refractivity contribution in [3.8, 4) is 5.75 Å². The molecule has 0 bridgehead atoms. The molecule has 0 spiro atoms. The number of nitrogens with one attached hydrogen (secondary N) is 2. The molecule has 1 aromatic carbocycles. The summed E-state index contributed by atoms with van der Waals surface area (Å²) in [7, 11) is 1.70. The van der Waals surface area contributed by atoms with E-state index in [4.69, 9.17) is 14.5 Å². The molecule has 1 aliphatic heterocycles. The Bertz CT molecular complexity index is 562. The van der Waals surface area contributed by atoms with E-state index in [0.717, 1.165) is 57.6 Å². The molecule has 27 heavy (non-hydrogen) atoms. The summed E-state index contributed by atoms with van der Waals surface area (Å²) in [5.74, 6) is 1.76. The number of guanidine groups is 1. The normalized spacial score (nSPS) is 18.0. The first-order valence-corrected chi connectivity index (χ1v) is 11.0. The van der Waals surface area contributed by atoms with Gasteiger partial charge < -0.3 is 20.1 Å². The zero-order valence-electron chi connectivity index (χ0n) is 17.0. The first-order chi connectivity index (χ1) is 13.2. The van der Waals surface area contributed by atoms with Crippen molar-refractivity contribution in [3.63, 3.8) is 0 Å². The molecule has 0 saturated carbocycles. The Hall–Kier alpha value is -1.44. The molecule has 1 saturated heterocycles. The van der Waals surface area contributed by atoms with Gasteiger partial charge in [-0.3, -0.25) is 9.89 Å². The first-order valence-electron chi connectivity index (χ1n) is 9.68. The number of methoxy groups -OCH3 is 1. The van der Waals surface area contributed by atoms with Crippen LogP contribution in [0.5, 0.6) is 5.75 Å². The van der Waals surface area contributed by atoms with Gasteiger partial charge >= 0.3 is 0 Å². The van der Waals surface area contributed by atoms with Gasteiger partial charge in [-0.25, -0.2) is 0 Å². The molecular formula is C20H34N4O2S. The first kappa shape index (κ1) is 21.9. The van der Waals surface area contributed by atoms with Crippen LogP contribution in [0.3, 0.4) is 0 Å². The fraction of sp³-hybridized carbons (Fsp3) is 0.650. The predicted molar refractivity (Wildman–Crippen MR) is 115 cm³/mol. The molecule has 7 heteroatoms. The molecular weight excluding hydrogens is 360 g/mol. The number of thioether (sulfide) groups is 1. The minimum absolute atomic E-state index is 0.265. The second-order valence-electron chi connectivity index (χ2n) is 6.58. The Kier molecular flexibility index (Phi) is 9.80. The zero-order valence-corrected chi connectivity index (χ0v) is 17.8. The minimum atomic E-state index is 0.265. The number of rotatable bonds is 9. The van der Waals surface area contributed by atoms with E-state index < -0.39 is 0 Å². The summed E-state index contributed by atoms with van der Waals surface area (Å²) in [4.78, 5) is 7.21. The number of ether oxygens (including phenoxy) is 2. The van der Waals surface area contributed by atoms with Crippen molar-refractivity contribution >= 4 is 17.7 Å². The average Bonchev–Trinajstić information content (AvgIpc) is 2.73. The van der Waals surface area contributed by atoms with Crippen molar-refractivity contribution in [2.24, 2.45) is 4.99 Å². The average molecular weight is 395 g/mol. The summed E-state index contributed by atoms with van der Waals surface area (Å²) in [5, 5.41) is 7.41. The van der Waals surface area contributed by atoms with Gasteiger partial charge in [-0.15, -0.1) is 0 Å². The summed E-state index contributed by atoms with van der Waals surface area (Å²) in [6.07, 6.45) is 2.12. The molecule has 1 fully saturated rings. The largest absolute Gasteiger partial charge is 0.497 e. The number of aliphatic imine (C=N–C) groups is 1. The van der Waals surface area contributed by atoms with E-state index in [0.29, 0.717) is 5.25 Å². The Morgan fingerprint density at radius 2 is 1.96 bits per heavy atom. The molecule has 1 heterocycles. The van der Waals surface area contributed by atoms with E-state index >= 15 is 0 Å². The molecule has 0 aliphatic carbocycles. The van der Waals surface area contributed by atoms with Gasteiger partial charge in [0.25, 0.3) is 0 Å². The highest BCUT2D eigenvalue weighted by Gasteiger charge is 2.23. The summed E-state index contributed by atoms with van der Waals surface area (Å²) in [6.45, 7) is 10.2. The highest BCUT2D eigenvalue weighted by atomic mass is 32.2. The molecule has 1 aromatic rings. The van der Waals surface area contributed by atoms with Crippen LogP contribution in [0.4, 0.5) is 0 Å². The highest BCUT2D eigenvalue weighted by molar-refractivity contribution is 7.99. The van der Waals surface area contributed by atoms with Crippen LogP contribution in [-0.2, 0) is 4.74 Å². The number of nitrogens with zero attached hydrogens (tertiary/aromatic N) is 2. The van der Waals surface area contributed by atoms with E-state index in [1.165, 1.54) is 5.56 Å². The van der Waals surface area contributed by atoms with Gasteiger partial charge in [-0.05, 0) is 30.9 Å². The fourth-order valence-corrected chi connectivity index (χ4v) is 3.23. The maximum Gasteiger partial charge on any atom is 0.191 e. The lowest BCUT2D eigenvalue weighted by molar-refractivity contribution is 0.0170. The van der Waals surface area contributed by atoms with Gasteiger partial charge in [0.15, 0.2) is 5.96 Å². The fourth-order valence-electron chi connectivity index (χ4n) is 3.00. The van der Waals surface area contributed by atoms with Crippen molar-refractivity contribution < 1.29 is 9.47 Å². The summed E-state index contributed by atoms with van der Waals surface area (Å²) in [5.41, 5.74) is 1.28. The molecule has 2 N–H and O–H groups in total. The van der Waals surface area contributed by atoms with Crippen molar-refractivity contribution in [1.82, 2.24) is 15.5 Å². The SMILES string of the molecule is CCNC(=NCC(C)SC)NCC(c1ccc(OC)cc1)N1CCOCC1. The standard InChI is InChI=1S/C20H34N4O2S/c1-5-21-20(22-14-16(2)27-4)23-15-19(24-10-12-26-13-11-24)17-6-8-18(25-3)9-7-17/h6-9,16,19H,5,10-15H2,1-4H3,(H2,21,22,23). The van der Waals surface area contributed by atoms with E-state index in [9.17, 15) is 0 Å². The summed E-state index contributed by atoms with van der Waals surface area (Å²) in [6, 6.07) is 8.63. The number of benzene rings is 1. The molecule has 152 valence electrons. The van der Waals surface area contributed by atoms with Gasteiger partial charge in [0.1, 0.15) is 5.75 Å². The van der Waals surface area contributed by atoms with Crippen molar-refractivity contribution in [2.45, 2.75) is 25.1 Å². The van der Waals surface area contributed by atoms with Crippen LogP contribution >= 0.6 is 11.8 Å². The molecule has 2 rings (SSSR count). The number of hydrogen-bond acceptors (Lipinski definition) is 5. The monoisotopic (exact) mass is 394 g/mol. The maximum absolute atomic E-state index is 5.54. The Labute approximate surface area is 168 Å². The van der Waals surface area contributed by atoms with Crippen LogP contribution in [-0.4, -0.2) is 75.4 Å². The van der Waals surface area contributed by atoms with Crippen LogP contribution in [0.15, 0.2) is 29.3 Å². The third-order valence-electron chi connectivity index (χ3n) is 4.70. The van der Waals surface area contributed by atoms with E-state index in [1.807, 2.05) is 23.9 Å². The highest BCUT2D eigenvalue weighted by Crippen LogP contribution is 2.23. The Morgan fingerprint density at radius 3 is 2.56 bits per heavy atom. The quantitative estimate of drug-likeness (QED) is 0.495. The van der Waals surface area contributed by atoms with Gasteiger partial charge in [-0.2, -0.15) is 11.8 Å². The molecule has 2 unspecified atom stereocenters.